The predicted molar refractivity (Wildman–Crippen MR) is 85.9 cm³/mol. The van der Waals surface area contributed by atoms with Crippen LogP contribution in [0.5, 0.6) is 5.75 Å². The van der Waals surface area contributed by atoms with Gasteiger partial charge in [0.2, 0.25) is 12.3 Å². The SMILES string of the molecule is O=C(C=Cc1cccc(Cl)c1)Oc1ccc(-c2nnco2)cc1. The van der Waals surface area contributed by atoms with Crippen LogP contribution in [0.25, 0.3) is 17.5 Å². The molecule has 6 heteroatoms. The number of halogens is 1. The Balaban J connectivity index is 1.64. The summed E-state index contributed by atoms with van der Waals surface area (Å²) < 4.78 is 10.3. The molecule has 1 aromatic heterocycles. The molecule has 0 radical (unpaired) electrons. The zero-order valence-electron chi connectivity index (χ0n) is 11.8. The van der Waals surface area contributed by atoms with Crippen molar-refractivity contribution in [2.24, 2.45) is 0 Å². The van der Waals surface area contributed by atoms with Gasteiger partial charge >= 0.3 is 5.97 Å². The van der Waals surface area contributed by atoms with Crippen LogP contribution in [0.2, 0.25) is 5.02 Å². The monoisotopic (exact) mass is 326 g/mol. The first-order valence-electron chi connectivity index (χ1n) is 6.73. The minimum absolute atomic E-state index is 0.406. The molecule has 0 saturated heterocycles. The Morgan fingerprint density at radius 1 is 1.17 bits per heavy atom. The molecule has 0 saturated carbocycles. The van der Waals surface area contributed by atoms with Crippen molar-refractivity contribution >= 4 is 23.6 Å². The van der Waals surface area contributed by atoms with Crippen molar-refractivity contribution in [2.45, 2.75) is 0 Å². The lowest BCUT2D eigenvalue weighted by Crippen LogP contribution is -2.03. The maximum Gasteiger partial charge on any atom is 0.336 e. The Morgan fingerprint density at radius 3 is 2.70 bits per heavy atom. The van der Waals surface area contributed by atoms with Gasteiger partial charge in [-0.25, -0.2) is 4.79 Å². The van der Waals surface area contributed by atoms with Crippen molar-refractivity contribution in [3.63, 3.8) is 0 Å². The summed E-state index contributed by atoms with van der Waals surface area (Å²) in [6, 6.07) is 14.0. The highest BCUT2D eigenvalue weighted by Gasteiger charge is 2.05. The van der Waals surface area contributed by atoms with E-state index in [2.05, 4.69) is 10.2 Å². The van der Waals surface area contributed by atoms with Crippen molar-refractivity contribution < 1.29 is 13.9 Å². The van der Waals surface area contributed by atoms with Gasteiger partial charge in [0.15, 0.2) is 0 Å². The average Bonchev–Trinajstić information content (AvgIpc) is 3.08. The van der Waals surface area contributed by atoms with Crippen LogP contribution in [-0.2, 0) is 4.79 Å². The third kappa shape index (κ3) is 4.05. The van der Waals surface area contributed by atoms with Gasteiger partial charge in [-0.2, -0.15) is 0 Å². The molecular weight excluding hydrogens is 316 g/mol. The summed E-state index contributed by atoms with van der Waals surface area (Å²) in [5.41, 5.74) is 1.57. The first-order chi connectivity index (χ1) is 11.2. The molecule has 0 aliphatic rings. The maximum absolute atomic E-state index is 11.8. The number of rotatable bonds is 4. The van der Waals surface area contributed by atoms with E-state index in [0.717, 1.165) is 11.1 Å². The third-order valence-electron chi connectivity index (χ3n) is 2.94. The smallest absolute Gasteiger partial charge is 0.336 e. The van der Waals surface area contributed by atoms with E-state index in [9.17, 15) is 4.79 Å². The van der Waals surface area contributed by atoms with E-state index in [0.29, 0.717) is 16.7 Å². The number of hydrogen-bond donors (Lipinski definition) is 0. The maximum atomic E-state index is 11.8. The summed E-state index contributed by atoms with van der Waals surface area (Å²) in [6.07, 6.45) is 4.24. The molecule has 3 aromatic rings. The van der Waals surface area contributed by atoms with Gasteiger partial charge in [0.05, 0.1) is 0 Å². The van der Waals surface area contributed by atoms with E-state index in [1.54, 1.807) is 42.5 Å². The lowest BCUT2D eigenvalue weighted by atomic mass is 10.2. The summed E-state index contributed by atoms with van der Waals surface area (Å²) in [4.78, 5) is 11.8. The van der Waals surface area contributed by atoms with E-state index in [1.165, 1.54) is 12.5 Å². The lowest BCUT2D eigenvalue weighted by Gasteiger charge is -2.02. The second kappa shape index (κ2) is 6.89. The molecule has 0 unspecified atom stereocenters. The van der Waals surface area contributed by atoms with E-state index >= 15 is 0 Å². The number of carbonyl (C=O) groups is 1. The van der Waals surface area contributed by atoms with Gasteiger partial charge in [0.25, 0.3) is 0 Å². The molecule has 23 heavy (non-hydrogen) atoms. The summed E-state index contributed by atoms with van der Waals surface area (Å²) in [6.45, 7) is 0. The molecule has 0 N–H and O–H groups in total. The normalized spacial score (nSPS) is 10.8. The van der Waals surface area contributed by atoms with Gasteiger partial charge in [-0.05, 0) is 48.0 Å². The summed E-state index contributed by atoms with van der Waals surface area (Å²) >= 11 is 5.88. The molecule has 0 aliphatic heterocycles. The number of carbonyl (C=O) groups excluding carboxylic acids is 1. The fourth-order valence-electron chi connectivity index (χ4n) is 1.89. The Kier molecular flexibility index (Phi) is 4.49. The van der Waals surface area contributed by atoms with Crippen molar-refractivity contribution in [1.29, 1.82) is 0 Å². The molecule has 0 bridgehead atoms. The summed E-state index contributed by atoms with van der Waals surface area (Å²) in [5, 5.41) is 8.02. The number of aromatic nitrogens is 2. The molecule has 3 rings (SSSR count). The minimum atomic E-state index is -0.476. The zero-order valence-corrected chi connectivity index (χ0v) is 12.6. The van der Waals surface area contributed by atoms with Gasteiger partial charge in [0.1, 0.15) is 5.75 Å². The molecule has 0 aliphatic carbocycles. The van der Waals surface area contributed by atoms with Crippen LogP contribution < -0.4 is 4.74 Å². The molecular formula is C17H11ClN2O3. The molecule has 0 atom stereocenters. The minimum Gasteiger partial charge on any atom is -0.423 e. The third-order valence-corrected chi connectivity index (χ3v) is 3.18. The van der Waals surface area contributed by atoms with Gasteiger partial charge in [-0.3, -0.25) is 0 Å². The Hall–Kier alpha value is -2.92. The predicted octanol–water partition coefficient (Wildman–Crippen LogP) is 4.01. The van der Waals surface area contributed by atoms with Crippen LogP contribution in [0.3, 0.4) is 0 Å². The van der Waals surface area contributed by atoms with Crippen LogP contribution in [0.15, 0.2) is 65.4 Å². The lowest BCUT2D eigenvalue weighted by molar-refractivity contribution is -0.128. The fraction of sp³-hybridized carbons (Fsp3) is 0. The van der Waals surface area contributed by atoms with E-state index in [-0.39, 0.29) is 0 Å². The molecule has 0 amide bonds. The van der Waals surface area contributed by atoms with Crippen LogP contribution in [-0.4, -0.2) is 16.2 Å². The molecule has 0 spiro atoms. The Morgan fingerprint density at radius 2 is 2.00 bits per heavy atom. The van der Waals surface area contributed by atoms with Gasteiger partial charge in [-0.15, -0.1) is 10.2 Å². The second-order valence-corrected chi connectivity index (χ2v) is 5.01. The first kappa shape index (κ1) is 15.0. The van der Waals surface area contributed by atoms with E-state index in [4.69, 9.17) is 20.8 Å². The van der Waals surface area contributed by atoms with Gasteiger partial charge in [-0.1, -0.05) is 23.7 Å². The molecule has 114 valence electrons. The summed E-state index contributed by atoms with van der Waals surface area (Å²) in [5.74, 6) is 0.355. The van der Waals surface area contributed by atoms with Gasteiger partial charge < -0.3 is 9.15 Å². The van der Waals surface area contributed by atoms with E-state index in [1.807, 2.05) is 12.1 Å². The number of hydrogen-bond acceptors (Lipinski definition) is 5. The quantitative estimate of drug-likeness (QED) is 0.412. The van der Waals surface area contributed by atoms with Crippen LogP contribution in [0, 0.1) is 0 Å². The van der Waals surface area contributed by atoms with Crippen molar-refractivity contribution in [3.8, 4) is 17.2 Å². The molecule has 2 aromatic carbocycles. The topological polar surface area (TPSA) is 65.2 Å². The largest absolute Gasteiger partial charge is 0.423 e. The first-order valence-corrected chi connectivity index (χ1v) is 7.10. The molecule has 5 nitrogen and oxygen atoms in total. The number of esters is 1. The number of ether oxygens (including phenoxy) is 1. The van der Waals surface area contributed by atoms with Crippen molar-refractivity contribution in [1.82, 2.24) is 10.2 Å². The van der Waals surface area contributed by atoms with Crippen molar-refractivity contribution in [2.75, 3.05) is 0 Å². The molecule has 1 heterocycles. The van der Waals surface area contributed by atoms with Gasteiger partial charge in [0, 0.05) is 16.7 Å². The highest BCUT2D eigenvalue weighted by molar-refractivity contribution is 6.30. The average molecular weight is 327 g/mol. The standard InChI is InChI=1S/C17H11ClN2O3/c18-14-3-1-2-12(10-14)4-9-16(21)23-15-7-5-13(6-8-15)17-20-19-11-22-17/h1-11H. The Labute approximate surface area is 137 Å². The number of benzene rings is 2. The highest BCUT2D eigenvalue weighted by Crippen LogP contribution is 2.20. The van der Waals surface area contributed by atoms with Crippen LogP contribution >= 0.6 is 11.6 Å². The van der Waals surface area contributed by atoms with E-state index < -0.39 is 5.97 Å². The molecule has 0 fully saturated rings. The van der Waals surface area contributed by atoms with Crippen LogP contribution in [0.1, 0.15) is 5.56 Å². The van der Waals surface area contributed by atoms with Crippen LogP contribution in [0.4, 0.5) is 0 Å². The Bertz CT molecular complexity index is 827. The number of nitrogens with zero attached hydrogens (tertiary/aromatic N) is 2. The van der Waals surface area contributed by atoms with Crippen molar-refractivity contribution in [3.05, 3.63) is 71.6 Å². The zero-order chi connectivity index (χ0) is 16.1. The fourth-order valence-corrected chi connectivity index (χ4v) is 2.09. The summed E-state index contributed by atoms with van der Waals surface area (Å²) in [7, 11) is 0. The second-order valence-electron chi connectivity index (χ2n) is 4.58. The highest BCUT2D eigenvalue weighted by atomic mass is 35.5.